The molecule has 1 saturated heterocycles. The molecule has 1 atom stereocenters. The number of amides is 1. The third-order valence-electron chi connectivity index (χ3n) is 2.42. The number of nitrogens with zero attached hydrogens (tertiary/aromatic N) is 2. The molecule has 0 bridgehead atoms. The van der Waals surface area contributed by atoms with Crippen LogP contribution >= 0.6 is 11.8 Å². The molecule has 1 aromatic carbocycles. The van der Waals surface area contributed by atoms with Gasteiger partial charge in [-0.3, -0.25) is 9.59 Å². The van der Waals surface area contributed by atoms with E-state index in [9.17, 15) is 14.7 Å². The molecule has 1 fully saturated rings. The van der Waals surface area contributed by atoms with Crippen LogP contribution in [0.2, 0.25) is 0 Å². The molecular formula is C12H11N3O4S. The van der Waals surface area contributed by atoms with Crippen molar-refractivity contribution < 1.29 is 19.8 Å². The van der Waals surface area contributed by atoms with Crippen molar-refractivity contribution in [2.24, 2.45) is 10.2 Å². The maximum atomic E-state index is 11.4. The molecule has 2 rings (SSSR count). The number of phenolic OH excluding ortho intramolecular Hbond substituents is 1. The molecule has 3 N–H and O–H groups in total. The summed E-state index contributed by atoms with van der Waals surface area (Å²) < 4.78 is 0. The number of nitrogens with one attached hydrogen (secondary N) is 1. The van der Waals surface area contributed by atoms with Crippen LogP contribution in [0.5, 0.6) is 5.75 Å². The first-order valence-corrected chi connectivity index (χ1v) is 6.52. The number of carboxylic acids is 1. The summed E-state index contributed by atoms with van der Waals surface area (Å²) in [4.78, 5) is 22.0. The average Bonchev–Trinajstić information content (AvgIpc) is 2.72. The molecule has 0 spiro atoms. The van der Waals surface area contributed by atoms with Crippen LogP contribution in [0.1, 0.15) is 12.0 Å². The van der Waals surface area contributed by atoms with Crippen LogP contribution in [0.25, 0.3) is 0 Å². The number of rotatable bonds is 4. The second-order valence-electron chi connectivity index (χ2n) is 3.90. The molecule has 20 heavy (non-hydrogen) atoms. The number of aliphatic carboxylic acids is 1. The van der Waals surface area contributed by atoms with Crippen molar-refractivity contribution in [1.82, 2.24) is 5.32 Å². The van der Waals surface area contributed by atoms with Crippen molar-refractivity contribution >= 4 is 35.0 Å². The van der Waals surface area contributed by atoms with E-state index in [0.29, 0.717) is 5.56 Å². The molecule has 1 unspecified atom stereocenters. The van der Waals surface area contributed by atoms with E-state index in [-0.39, 0.29) is 17.3 Å². The molecule has 0 aromatic heterocycles. The second-order valence-corrected chi connectivity index (χ2v) is 5.09. The van der Waals surface area contributed by atoms with Gasteiger partial charge < -0.3 is 15.5 Å². The number of para-hydroxylation sites is 1. The van der Waals surface area contributed by atoms with Gasteiger partial charge in [-0.1, -0.05) is 23.9 Å². The number of aromatic hydroxyl groups is 1. The Morgan fingerprint density at radius 2 is 2.20 bits per heavy atom. The molecular weight excluding hydrogens is 282 g/mol. The van der Waals surface area contributed by atoms with Crippen LogP contribution < -0.4 is 5.32 Å². The number of carbonyl (C=O) groups excluding carboxylic acids is 1. The van der Waals surface area contributed by atoms with Gasteiger partial charge in [0.2, 0.25) is 5.91 Å². The topological polar surface area (TPSA) is 111 Å². The summed E-state index contributed by atoms with van der Waals surface area (Å²) in [7, 11) is 0. The van der Waals surface area contributed by atoms with E-state index < -0.39 is 17.1 Å². The predicted octanol–water partition coefficient (Wildman–Crippen LogP) is 0.788. The van der Waals surface area contributed by atoms with Crippen LogP contribution in [0.3, 0.4) is 0 Å². The Bertz CT molecular complexity index is 600. The van der Waals surface area contributed by atoms with Gasteiger partial charge in [0, 0.05) is 5.56 Å². The molecule has 1 heterocycles. The third-order valence-corrected chi connectivity index (χ3v) is 3.49. The number of phenols is 1. The van der Waals surface area contributed by atoms with E-state index in [1.165, 1.54) is 12.3 Å². The van der Waals surface area contributed by atoms with Crippen molar-refractivity contribution in [1.29, 1.82) is 0 Å². The average molecular weight is 293 g/mol. The van der Waals surface area contributed by atoms with Crippen LogP contribution in [0.4, 0.5) is 0 Å². The van der Waals surface area contributed by atoms with Gasteiger partial charge in [-0.25, -0.2) is 0 Å². The lowest BCUT2D eigenvalue weighted by Gasteiger charge is -1.97. The molecule has 104 valence electrons. The first-order valence-electron chi connectivity index (χ1n) is 5.64. The zero-order valence-electron chi connectivity index (χ0n) is 10.2. The van der Waals surface area contributed by atoms with Crippen molar-refractivity contribution in [3.8, 4) is 5.75 Å². The normalized spacial score (nSPS) is 20.5. The van der Waals surface area contributed by atoms with Gasteiger partial charge in [0.15, 0.2) is 5.17 Å². The molecule has 0 aliphatic carbocycles. The highest BCUT2D eigenvalue weighted by molar-refractivity contribution is 8.15. The number of carbonyl (C=O) groups is 2. The summed E-state index contributed by atoms with van der Waals surface area (Å²) >= 11 is 1.02. The summed E-state index contributed by atoms with van der Waals surface area (Å²) in [6.07, 6.45) is 1.08. The Morgan fingerprint density at radius 1 is 1.45 bits per heavy atom. The van der Waals surface area contributed by atoms with E-state index in [4.69, 9.17) is 5.11 Å². The first-order chi connectivity index (χ1) is 9.56. The Kier molecular flexibility index (Phi) is 4.36. The van der Waals surface area contributed by atoms with E-state index in [0.717, 1.165) is 11.8 Å². The number of carboxylic acid groups (broad SMARTS) is 1. The number of benzene rings is 1. The van der Waals surface area contributed by atoms with Crippen LogP contribution in [-0.4, -0.2) is 38.7 Å². The van der Waals surface area contributed by atoms with Crippen LogP contribution in [0, 0.1) is 0 Å². The monoisotopic (exact) mass is 293 g/mol. The van der Waals surface area contributed by atoms with Crippen LogP contribution in [-0.2, 0) is 9.59 Å². The van der Waals surface area contributed by atoms with Crippen molar-refractivity contribution in [2.75, 3.05) is 0 Å². The largest absolute Gasteiger partial charge is 0.507 e. The lowest BCUT2D eigenvalue weighted by atomic mass is 10.2. The van der Waals surface area contributed by atoms with E-state index in [2.05, 4.69) is 15.5 Å². The van der Waals surface area contributed by atoms with Crippen molar-refractivity contribution in [2.45, 2.75) is 11.7 Å². The van der Waals surface area contributed by atoms with Gasteiger partial charge >= 0.3 is 5.97 Å². The van der Waals surface area contributed by atoms with Gasteiger partial charge in [0.1, 0.15) is 11.0 Å². The molecule has 1 aliphatic rings. The van der Waals surface area contributed by atoms with Gasteiger partial charge in [-0.05, 0) is 12.1 Å². The molecule has 8 heteroatoms. The van der Waals surface area contributed by atoms with Crippen molar-refractivity contribution in [3.05, 3.63) is 29.8 Å². The van der Waals surface area contributed by atoms with E-state index in [1.54, 1.807) is 18.2 Å². The maximum Gasteiger partial charge on any atom is 0.305 e. The fourth-order valence-electron chi connectivity index (χ4n) is 1.49. The van der Waals surface area contributed by atoms with Gasteiger partial charge in [-0.2, -0.15) is 5.10 Å². The fourth-order valence-corrected chi connectivity index (χ4v) is 2.40. The van der Waals surface area contributed by atoms with Gasteiger partial charge in [-0.15, -0.1) is 5.10 Å². The highest BCUT2D eigenvalue weighted by Gasteiger charge is 2.32. The molecule has 7 nitrogen and oxygen atoms in total. The Labute approximate surface area is 118 Å². The number of hydrogen-bond donors (Lipinski definition) is 3. The lowest BCUT2D eigenvalue weighted by molar-refractivity contribution is -0.138. The summed E-state index contributed by atoms with van der Waals surface area (Å²) in [5.74, 6) is -1.37. The van der Waals surface area contributed by atoms with E-state index >= 15 is 0 Å². The quantitative estimate of drug-likeness (QED) is 0.561. The molecule has 1 aromatic rings. The number of hydrogen-bond acceptors (Lipinski definition) is 6. The zero-order valence-corrected chi connectivity index (χ0v) is 11.0. The highest BCUT2D eigenvalue weighted by Crippen LogP contribution is 2.22. The third kappa shape index (κ3) is 3.58. The minimum absolute atomic E-state index is 0.0725. The predicted molar refractivity (Wildman–Crippen MR) is 74.9 cm³/mol. The summed E-state index contributed by atoms with van der Waals surface area (Å²) in [5.41, 5.74) is 0.494. The Balaban J connectivity index is 2.01. The SMILES string of the molecule is O=C(O)CC1SC(=NN=Cc2ccccc2O)NC1=O. The lowest BCUT2D eigenvalue weighted by Crippen LogP contribution is -2.26. The fraction of sp³-hybridized carbons (Fsp3) is 0.167. The maximum absolute atomic E-state index is 11.4. The summed E-state index contributed by atoms with van der Waals surface area (Å²) in [6, 6.07) is 6.60. The van der Waals surface area contributed by atoms with Gasteiger partial charge in [0.25, 0.3) is 0 Å². The number of amidine groups is 1. The molecule has 1 amide bonds. The smallest absolute Gasteiger partial charge is 0.305 e. The molecule has 0 radical (unpaired) electrons. The summed E-state index contributed by atoms with van der Waals surface area (Å²) in [6.45, 7) is 0. The minimum atomic E-state index is -1.04. The van der Waals surface area contributed by atoms with Crippen molar-refractivity contribution in [3.63, 3.8) is 0 Å². The standard InChI is InChI=1S/C12H11N3O4S/c16-8-4-2-1-3-7(8)6-13-15-12-14-11(19)9(20-12)5-10(17)18/h1-4,6,9,16H,5H2,(H,17,18)(H,14,15,19). The van der Waals surface area contributed by atoms with Crippen LogP contribution in [0.15, 0.2) is 34.5 Å². The minimum Gasteiger partial charge on any atom is -0.507 e. The second kappa shape index (κ2) is 6.20. The molecule has 1 aliphatic heterocycles. The first kappa shape index (κ1) is 14.1. The zero-order chi connectivity index (χ0) is 14.5. The number of thioether (sulfide) groups is 1. The summed E-state index contributed by atoms with van der Waals surface area (Å²) in [5, 5.41) is 27.7. The Hall–Kier alpha value is -2.35. The molecule has 0 saturated carbocycles. The Morgan fingerprint density at radius 3 is 2.90 bits per heavy atom. The van der Waals surface area contributed by atoms with Gasteiger partial charge in [0.05, 0.1) is 12.6 Å². The highest BCUT2D eigenvalue weighted by atomic mass is 32.2. The van der Waals surface area contributed by atoms with E-state index in [1.807, 2.05) is 0 Å².